The summed E-state index contributed by atoms with van der Waals surface area (Å²) in [6.45, 7) is 4.34. The van der Waals surface area contributed by atoms with Gasteiger partial charge in [-0.1, -0.05) is 36.4 Å². The van der Waals surface area contributed by atoms with Crippen molar-refractivity contribution in [2.45, 2.75) is 32.0 Å². The van der Waals surface area contributed by atoms with Crippen molar-refractivity contribution in [2.24, 2.45) is 5.92 Å². The zero-order valence-electron chi connectivity index (χ0n) is 14.6. The fourth-order valence-corrected chi connectivity index (χ4v) is 3.69. The lowest BCUT2D eigenvalue weighted by Crippen LogP contribution is -2.38. The molecule has 2 aromatic rings. The summed E-state index contributed by atoms with van der Waals surface area (Å²) < 4.78 is 13.0. The van der Waals surface area contributed by atoms with Gasteiger partial charge in [-0.3, -0.25) is 0 Å². The number of hydrogen-bond donors (Lipinski definition) is 2. The van der Waals surface area contributed by atoms with Crippen LogP contribution in [-0.4, -0.2) is 34.7 Å². The molecule has 1 saturated heterocycles. The fourth-order valence-electron chi connectivity index (χ4n) is 3.69. The normalized spacial score (nSPS) is 18.9. The Labute approximate surface area is 148 Å². The van der Waals surface area contributed by atoms with Gasteiger partial charge in [0.05, 0.1) is 12.2 Å². The van der Waals surface area contributed by atoms with Gasteiger partial charge in [0.15, 0.2) is 0 Å². The molecule has 0 bridgehead atoms. The topological polar surface area (TPSA) is 43.7 Å². The highest BCUT2D eigenvalue weighted by Crippen LogP contribution is 2.31. The van der Waals surface area contributed by atoms with E-state index in [4.69, 9.17) is 0 Å². The number of likely N-dealkylation sites (tertiary alicyclic amines) is 1. The van der Waals surface area contributed by atoms with Crippen molar-refractivity contribution in [1.29, 1.82) is 0 Å². The second-order valence-electron chi connectivity index (χ2n) is 7.01. The molecule has 2 unspecified atom stereocenters. The maximum atomic E-state index is 13.0. The summed E-state index contributed by atoms with van der Waals surface area (Å²) in [4.78, 5) is 2.25. The van der Waals surface area contributed by atoms with E-state index in [1.54, 1.807) is 12.1 Å². The number of hydrogen-bond acceptors (Lipinski definition) is 3. The van der Waals surface area contributed by atoms with E-state index in [-0.39, 0.29) is 11.7 Å². The average molecular weight is 343 g/mol. The summed E-state index contributed by atoms with van der Waals surface area (Å²) in [5.41, 5.74) is 2.87. The van der Waals surface area contributed by atoms with Crippen LogP contribution in [-0.2, 0) is 0 Å². The molecule has 3 nitrogen and oxygen atoms in total. The Morgan fingerprint density at radius 1 is 1.04 bits per heavy atom. The average Bonchev–Trinajstić information content (AvgIpc) is 2.63. The lowest BCUT2D eigenvalue weighted by Gasteiger charge is -2.35. The Hall–Kier alpha value is -1.75. The molecule has 0 saturated carbocycles. The van der Waals surface area contributed by atoms with Crippen LogP contribution in [0.4, 0.5) is 4.39 Å². The molecule has 2 N–H and O–H groups in total. The third-order valence-corrected chi connectivity index (χ3v) is 5.27. The highest BCUT2D eigenvalue weighted by atomic mass is 19.1. The monoisotopic (exact) mass is 343 g/mol. The van der Waals surface area contributed by atoms with Crippen molar-refractivity contribution in [1.82, 2.24) is 4.90 Å². The van der Waals surface area contributed by atoms with Crippen molar-refractivity contribution in [3.8, 4) is 0 Å². The lowest BCUT2D eigenvalue weighted by molar-refractivity contribution is 0.0397. The summed E-state index contributed by atoms with van der Waals surface area (Å²) in [7, 11) is 0. The molecule has 4 heteroatoms. The van der Waals surface area contributed by atoms with Gasteiger partial charge in [0.2, 0.25) is 0 Å². The van der Waals surface area contributed by atoms with Crippen LogP contribution < -0.4 is 0 Å². The van der Waals surface area contributed by atoms with Crippen LogP contribution in [0, 0.1) is 18.7 Å². The van der Waals surface area contributed by atoms with E-state index in [2.05, 4.69) is 4.90 Å². The maximum absolute atomic E-state index is 13.0. The van der Waals surface area contributed by atoms with Crippen LogP contribution >= 0.6 is 0 Å². The van der Waals surface area contributed by atoms with Gasteiger partial charge in [0.25, 0.3) is 0 Å². The summed E-state index contributed by atoms with van der Waals surface area (Å²) in [5.74, 6) is -0.103. The molecule has 0 spiro atoms. The van der Waals surface area contributed by atoms with Gasteiger partial charge in [-0.25, -0.2) is 4.39 Å². The third-order valence-electron chi connectivity index (χ3n) is 5.27. The largest absolute Gasteiger partial charge is 0.388 e. The van der Waals surface area contributed by atoms with Crippen LogP contribution in [0.1, 0.15) is 41.7 Å². The Morgan fingerprint density at radius 3 is 2.32 bits per heavy atom. The summed E-state index contributed by atoms with van der Waals surface area (Å²) in [6, 6.07) is 14.0. The first kappa shape index (κ1) is 18.1. The summed E-state index contributed by atoms with van der Waals surface area (Å²) in [5, 5.41) is 21.0. The third kappa shape index (κ3) is 4.46. The number of β-amino-alcohol motifs (C(OH)–C–C–N with tert-alkyl or cyclic N) is 1. The molecule has 0 radical (unpaired) electrons. The van der Waals surface area contributed by atoms with Crippen molar-refractivity contribution in [3.63, 3.8) is 0 Å². The van der Waals surface area contributed by atoms with Crippen LogP contribution in [0.5, 0.6) is 0 Å². The smallest absolute Gasteiger partial charge is 0.123 e. The molecule has 3 rings (SSSR count). The molecule has 1 aliphatic rings. The summed E-state index contributed by atoms with van der Waals surface area (Å²) in [6.07, 6.45) is 0.710. The number of aliphatic hydroxyl groups is 2. The number of nitrogens with zero attached hydrogens (tertiary/aromatic N) is 1. The van der Waals surface area contributed by atoms with E-state index in [1.165, 1.54) is 12.1 Å². The van der Waals surface area contributed by atoms with Crippen molar-refractivity contribution in [3.05, 3.63) is 71.0 Å². The minimum atomic E-state index is -0.552. The quantitative estimate of drug-likeness (QED) is 0.872. The van der Waals surface area contributed by atoms with Crippen molar-refractivity contribution < 1.29 is 14.6 Å². The van der Waals surface area contributed by atoms with Crippen LogP contribution in [0.15, 0.2) is 48.5 Å². The van der Waals surface area contributed by atoms with E-state index in [1.807, 2.05) is 31.2 Å². The Bertz CT molecular complexity index is 681. The molecule has 0 amide bonds. The number of benzene rings is 2. The van der Waals surface area contributed by atoms with E-state index < -0.39 is 12.2 Å². The van der Waals surface area contributed by atoms with Crippen LogP contribution in [0.3, 0.4) is 0 Å². The second-order valence-corrected chi connectivity index (χ2v) is 7.01. The molecule has 134 valence electrons. The maximum Gasteiger partial charge on any atom is 0.123 e. The van der Waals surface area contributed by atoms with E-state index in [9.17, 15) is 14.6 Å². The van der Waals surface area contributed by atoms with Gasteiger partial charge in [0, 0.05) is 6.54 Å². The number of piperidine rings is 1. The molecule has 1 aliphatic heterocycles. The first-order valence-electron chi connectivity index (χ1n) is 8.94. The van der Waals surface area contributed by atoms with E-state index in [0.29, 0.717) is 6.54 Å². The first-order chi connectivity index (χ1) is 12.0. The lowest BCUT2D eigenvalue weighted by atomic mass is 9.87. The fraction of sp³-hybridized carbons (Fsp3) is 0.429. The molecule has 0 aromatic heterocycles. The van der Waals surface area contributed by atoms with Gasteiger partial charge in [-0.15, -0.1) is 0 Å². The van der Waals surface area contributed by atoms with Crippen molar-refractivity contribution >= 4 is 0 Å². The zero-order chi connectivity index (χ0) is 17.8. The second kappa shape index (κ2) is 8.09. The predicted molar refractivity (Wildman–Crippen MR) is 96.7 cm³/mol. The van der Waals surface area contributed by atoms with Crippen molar-refractivity contribution in [2.75, 3.05) is 19.6 Å². The van der Waals surface area contributed by atoms with Crippen LogP contribution in [0.2, 0.25) is 0 Å². The van der Waals surface area contributed by atoms with Crippen LogP contribution in [0.25, 0.3) is 0 Å². The molecule has 25 heavy (non-hydrogen) atoms. The Balaban J connectivity index is 1.53. The molecular weight excluding hydrogens is 317 g/mol. The highest BCUT2D eigenvalue weighted by Gasteiger charge is 2.27. The van der Waals surface area contributed by atoms with Gasteiger partial charge in [-0.05, 0) is 67.6 Å². The molecule has 2 atom stereocenters. The zero-order valence-corrected chi connectivity index (χ0v) is 14.6. The molecule has 0 aliphatic carbocycles. The van der Waals surface area contributed by atoms with Gasteiger partial charge >= 0.3 is 0 Å². The highest BCUT2D eigenvalue weighted by molar-refractivity contribution is 5.27. The predicted octanol–water partition coefficient (Wildman–Crippen LogP) is 3.61. The van der Waals surface area contributed by atoms with E-state index >= 15 is 0 Å². The Kier molecular flexibility index (Phi) is 5.84. The Morgan fingerprint density at radius 2 is 1.68 bits per heavy atom. The molecule has 2 aromatic carbocycles. The van der Waals surface area contributed by atoms with E-state index in [0.717, 1.165) is 42.6 Å². The molecular formula is C21H26FNO2. The van der Waals surface area contributed by atoms with Gasteiger partial charge in [0.1, 0.15) is 5.82 Å². The van der Waals surface area contributed by atoms with Gasteiger partial charge < -0.3 is 15.1 Å². The number of rotatable bonds is 5. The standard InChI is InChI=1S/C21H26FNO2/c1-15-4-2-3-5-19(15)20(24)14-23-12-10-17(11-13-23)21(25)16-6-8-18(22)9-7-16/h2-9,17,20-21,24-25H,10-14H2,1H3. The number of aryl methyl sites for hydroxylation is 1. The summed E-state index contributed by atoms with van der Waals surface area (Å²) >= 11 is 0. The van der Waals surface area contributed by atoms with Gasteiger partial charge in [-0.2, -0.15) is 0 Å². The molecule has 1 heterocycles. The number of aliphatic hydroxyl groups excluding tert-OH is 2. The minimum Gasteiger partial charge on any atom is -0.388 e. The molecule has 1 fully saturated rings. The SMILES string of the molecule is Cc1ccccc1C(O)CN1CCC(C(O)c2ccc(F)cc2)CC1. The minimum absolute atomic E-state index is 0.178. The first-order valence-corrected chi connectivity index (χ1v) is 8.94. The number of halogens is 1.